The summed E-state index contributed by atoms with van der Waals surface area (Å²) in [6.07, 6.45) is 4.87. The second-order valence-electron chi connectivity index (χ2n) is 4.24. The molecule has 1 N–H and O–H groups in total. The van der Waals surface area contributed by atoms with E-state index in [1.54, 1.807) is 24.4 Å². The van der Waals surface area contributed by atoms with Crippen molar-refractivity contribution in [2.45, 2.75) is 0 Å². The fourth-order valence-electron chi connectivity index (χ4n) is 1.58. The molecule has 0 saturated heterocycles. The number of ketones is 1. The molecule has 2 rings (SSSR count). The molecular weight excluding hydrogens is 244 g/mol. The molecular formula is C14H14N2O3. The lowest BCUT2D eigenvalue weighted by atomic mass is 10.1. The molecule has 0 atom stereocenters. The van der Waals surface area contributed by atoms with Gasteiger partial charge in [0, 0.05) is 31.9 Å². The Labute approximate surface area is 110 Å². The van der Waals surface area contributed by atoms with E-state index in [0.717, 1.165) is 0 Å². The number of hydrogen-bond acceptors (Lipinski definition) is 4. The van der Waals surface area contributed by atoms with Gasteiger partial charge >= 0.3 is 0 Å². The third-order valence-electron chi connectivity index (χ3n) is 2.48. The summed E-state index contributed by atoms with van der Waals surface area (Å²) >= 11 is 0. The normalized spacial score (nSPS) is 10.8. The van der Waals surface area contributed by atoms with E-state index in [0.29, 0.717) is 11.3 Å². The van der Waals surface area contributed by atoms with Gasteiger partial charge in [-0.1, -0.05) is 0 Å². The van der Waals surface area contributed by atoms with Crippen LogP contribution in [0.2, 0.25) is 0 Å². The molecule has 0 aliphatic rings. The molecule has 0 spiro atoms. The molecule has 0 bridgehead atoms. The minimum atomic E-state index is -0.264. The molecule has 5 nitrogen and oxygen atoms in total. The number of H-pyrrole nitrogens is 1. The monoisotopic (exact) mass is 258 g/mol. The van der Waals surface area contributed by atoms with Crippen molar-refractivity contribution in [2.24, 2.45) is 0 Å². The molecule has 2 heterocycles. The van der Waals surface area contributed by atoms with Crippen LogP contribution in [0.3, 0.4) is 0 Å². The number of rotatable bonds is 4. The summed E-state index contributed by atoms with van der Waals surface area (Å²) in [6.45, 7) is 0. The number of aromatic amines is 1. The number of furan rings is 1. The van der Waals surface area contributed by atoms with Crippen molar-refractivity contribution in [3.8, 4) is 0 Å². The number of carbonyl (C=O) groups excluding carboxylic acids is 1. The van der Waals surface area contributed by atoms with E-state index in [2.05, 4.69) is 4.98 Å². The third-order valence-corrected chi connectivity index (χ3v) is 2.48. The maximum absolute atomic E-state index is 12.2. The lowest BCUT2D eigenvalue weighted by molar-refractivity contribution is 0.101. The van der Waals surface area contributed by atoms with Gasteiger partial charge in [0.05, 0.1) is 12.0 Å². The molecule has 0 amide bonds. The smallest absolute Gasteiger partial charge is 0.248 e. The third kappa shape index (κ3) is 3.01. The van der Waals surface area contributed by atoms with Gasteiger partial charge in [-0.15, -0.1) is 0 Å². The summed E-state index contributed by atoms with van der Waals surface area (Å²) in [5, 5.41) is 0. The molecule has 19 heavy (non-hydrogen) atoms. The van der Waals surface area contributed by atoms with E-state index >= 15 is 0 Å². The van der Waals surface area contributed by atoms with Gasteiger partial charge in [-0.3, -0.25) is 9.59 Å². The highest BCUT2D eigenvalue weighted by molar-refractivity contribution is 6.08. The Balaban J connectivity index is 2.45. The first-order valence-corrected chi connectivity index (χ1v) is 5.74. The minimum Gasteiger partial charge on any atom is -0.461 e. The van der Waals surface area contributed by atoms with E-state index in [4.69, 9.17) is 4.42 Å². The van der Waals surface area contributed by atoms with E-state index < -0.39 is 0 Å². The van der Waals surface area contributed by atoms with E-state index in [1.807, 2.05) is 19.0 Å². The second-order valence-corrected chi connectivity index (χ2v) is 4.24. The first-order chi connectivity index (χ1) is 9.08. The zero-order chi connectivity index (χ0) is 13.8. The summed E-state index contributed by atoms with van der Waals surface area (Å²) < 4.78 is 5.08. The average Bonchev–Trinajstić information content (AvgIpc) is 2.89. The van der Waals surface area contributed by atoms with Gasteiger partial charge in [0.2, 0.25) is 11.3 Å². The van der Waals surface area contributed by atoms with E-state index in [9.17, 15) is 9.59 Å². The molecule has 0 fully saturated rings. The van der Waals surface area contributed by atoms with Crippen LogP contribution in [0.4, 0.5) is 0 Å². The van der Waals surface area contributed by atoms with Gasteiger partial charge in [-0.2, -0.15) is 0 Å². The van der Waals surface area contributed by atoms with Crippen LogP contribution in [0.15, 0.2) is 45.9 Å². The van der Waals surface area contributed by atoms with Crippen molar-refractivity contribution in [1.29, 1.82) is 0 Å². The molecule has 0 aliphatic carbocycles. The summed E-state index contributed by atoms with van der Waals surface area (Å²) in [5.74, 6) is -0.0220. The average molecular weight is 258 g/mol. The van der Waals surface area contributed by atoms with Crippen LogP contribution in [-0.2, 0) is 0 Å². The maximum atomic E-state index is 12.2. The number of hydrogen-bond donors (Lipinski definition) is 1. The molecule has 0 radical (unpaired) electrons. The molecule has 0 unspecified atom stereocenters. The van der Waals surface area contributed by atoms with Gasteiger partial charge in [0.15, 0.2) is 5.76 Å². The van der Waals surface area contributed by atoms with Gasteiger partial charge in [0.1, 0.15) is 0 Å². The van der Waals surface area contributed by atoms with Crippen molar-refractivity contribution in [2.75, 3.05) is 14.1 Å². The summed E-state index contributed by atoms with van der Waals surface area (Å²) in [5.41, 5.74) is 0.602. The minimum absolute atomic E-state index is 0.242. The highest BCUT2D eigenvalue weighted by atomic mass is 16.3. The van der Waals surface area contributed by atoms with Crippen LogP contribution < -0.4 is 5.56 Å². The zero-order valence-corrected chi connectivity index (χ0v) is 10.7. The molecule has 0 saturated carbocycles. The van der Waals surface area contributed by atoms with Crippen LogP contribution >= 0.6 is 0 Å². The lowest BCUT2D eigenvalue weighted by Gasteiger charge is -2.06. The largest absolute Gasteiger partial charge is 0.461 e. The first kappa shape index (κ1) is 12.9. The predicted octanol–water partition coefficient (Wildman–Crippen LogP) is 1.73. The van der Waals surface area contributed by atoms with Gasteiger partial charge < -0.3 is 14.3 Å². The molecule has 2 aromatic heterocycles. The van der Waals surface area contributed by atoms with Crippen LogP contribution in [0.5, 0.6) is 0 Å². The molecule has 0 aliphatic heterocycles. The van der Waals surface area contributed by atoms with E-state index in [-0.39, 0.29) is 17.1 Å². The molecule has 0 aromatic carbocycles. The fourth-order valence-corrected chi connectivity index (χ4v) is 1.58. The fraction of sp³-hybridized carbons (Fsp3) is 0.143. The number of carbonyl (C=O) groups is 1. The first-order valence-electron chi connectivity index (χ1n) is 5.74. The van der Waals surface area contributed by atoms with Gasteiger partial charge in [-0.05, 0) is 24.3 Å². The Morgan fingerprint density at radius 1 is 1.32 bits per heavy atom. The predicted molar refractivity (Wildman–Crippen MR) is 71.9 cm³/mol. The Bertz CT molecular complexity index is 652. The Morgan fingerprint density at radius 3 is 2.74 bits per heavy atom. The SMILES string of the molecule is CN(C)C=Cc1[nH]c(=O)ccc1C(=O)c1ccco1. The van der Waals surface area contributed by atoms with Crippen molar-refractivity contribution in [3.05, 3.63) is 64.1 Å². The summed E-state index contributed by atoms with van der Waals surface area (Å²) in [6, 6.07) is 6.06. The van der Waals surface area contributed by atoms with Gasteiger partial charge in [0.25, 0.3) is 0 Å². The maximum Gasteiger partial charge on any atom is 0.248 e. The lowest BCUT2D eigenvalue weighted by Crippen LogP contribution is -2.12. The Kier molecular flexibility index (Phi) is 3.66. The van der Waals surface area contributed by atoms with Crippen LogP contribution in [0.25, 0.3) is 6.08 Å². The van der Waals surface area contributed by atoms with Gasteiger partial charge in [-0.25, -0.2) is 0 Å². The topological polar surface area (TPSA) is 66.3 Å². The zero-order valence-electron chi connectivity index (χ0n) is 10.7. The molecule has 5 heteroatoms. The van der Waals surface area contributed by atoms with Crippen LogP contribution in [0, 0.1) is 0 Å². The standard InChI is InChI=1S/C14H14N2O3/c1-16(2)8-7-11-10(5-6-13(17)15-11)14(18)12-4-3-9-19-12/h3-9H,1-2H3,(H,15,17). The number of nitrogens with zero attached hydrogens (tertiary/aromatic N) is 1. The van der Waals surface area contributed by atoms with Crippen molar-refractivity contribution in [3.63, 3.8) is 0 Å². The highest BCUT2D eigenvalue weighted by Crippen LogP contribution is 2.13. The van der Waals surface area contributed by atoms with Crippen molar-refractivity contribution < 1.29 is 9.21 Å². The Morgan fingerprint density at radius 2 is 2.11 bits per heavy atom. The van der Waals surface area contributed by atoms with E-state index in [1.165, 1.54) is 18.4 Å². The molecule has 2 aromatic rings. The number of pyridine rings is 1. The van der Waals surface area contributed by atoms with Crippen molar-refractivity contribution >= 4 is 11.9 Å². The van der Waals surface area contributed by atoms with Crippen LogP contribution in [0.1, 0.15) is 21.8 Å². The number of aromatic nitrogens is 1. The summed E-state index contributed by atoms with van der Waals surface area (Å²) in [4.78, 5) is 28.0. The molecule has 98 valence electrons. The quantitative estimate of drug-likeness (QED) is 0.848. The van der Waals surface area contributed by atoms with Crippen LogP contribution in [-0.4, -0.2) is 29.8 Å². The summed E-state index contributed by atoms with van der Waals surface area (Å²) in [7, 11) is 3.71. The second kappa shape index (κ2) is 5.39. The Hall–Kier alpha value is -2.56. The highest BCUT2D eigenvalue weighted by Gasteiger charge is 2.15. The number of nitrogens with one attached hydrogen (secondary N) is 1. The van der Waals surface area contributed by atoms with Crippen molar-refractivity contribution in [1.82, 2.24) is 9.88 Å².